The van der Waals surface area contributed by atoms with Crippen LogP contribution in [0.2, 0.25) is 0 Å². The summed E-state index contributed by atoms with van der Waals surface area (Å²) in [7, 11) is -2.56. The number of methoxy groups -OCH3 is 1. The van der Waals surface area contributed by atoms with Crippen LogP contribution in [0, 0.1) is 0 Å². The summed E-state index contributed by atoms with van der Waals surface area (Å²) in [4.78, 5) is 11.5. The summed E-state index contributed by atoms with van der Waals surface area (Å²) < 4.78 is 50.4. The molecule has 0 aromatic heterocycles. The molecule has 0 amide bonds. The number of nitrogens with zero attached hydrogens (tertiary/aromatic N) is 1. The maximum absolute atomic E-state index is 13.1. The van der Waals surface area contributed by atoms with Gasteiger partial charge < -0.3 is 24.1 Å². The van der Waals surface area contributed by atoms with Crippen LogP contribution in [0.25, 0.3) is 0 Å². The van der Waals surface area contributed by atoms with Gasteiger partial charge >= 0.3 is 5.97 Å². The molecule has 1 aliphatic rings. The first-order valence-corrected chi connectivity index (χ1v) is 14.8. The Bertz CT molecular complexity index is 1390. The highest BCUT2D eigenvalue weighted by atomic mass is 32.2. The SMILES string of the molecule is CCCc1cc(Oc2ccccc2)ccc1OCCCOc1ccc(S(=O)(=O)N2CCC[C@@H]2C(=O)O)cc1OC. The Labute approximate surface area is 235 Å². The molecule has 214 valence electrons. The number of sulfonamides is 1. The van der Waals surface area contributed by atoms with Gasteiger partial charge in [-0.1, -0.05) is 31.5 Å². The van der Waals surface area contributed by atoms with Gasteiger partial charge in [0.1, 0.15) is 23.3 Å². The highest BCUT2D eigenvalue weighted by Crippen LogP contribution is 2.34. The highest BCUT2D eigenvalue weighted by molar-refractivity contribution is 7.89. The molecular weight excluding hydrogens is 534 g/mol. The third-order valence-corrected chi connectivity index (χ3v) is 8.47. The summed E-state index contributed by atoms with van der Waals surface area (Å²) in [5, 5.41) is 9.39. The van der Waals surface area contributed by atoms with E-state index in [9.17, 15) is 18.3 Å². The highest BCUT2D eigenvalue weighted by Gasteiger charge is 2.39. The molecule has 3 aromatic rings. The van der Waals surface area contributed by atoms with Crippen LogP contribution in [0.15, 0.2) is 71.6 Å². The van der Waals surface area contributed by atoms with E-state index in [4.69, 9.17) is 18.9 Å². The lowest BCUT2D eigenvalue weighted by molar-refractivity contribution is -0.140. The second-order valence-corrected chi connectivity index (χ2v) is 11.3. The monoisotopic (exact) mass is 569 g/mol. The van der Waals surface area contributed by atoms with Gasteiger partial charge in [-0.25, -0.2) is 8.42 Å². The van der Waals surface area contributed by atoms with Crippen molar-refractivity contribution in [3.8, 4) is 28.7 Å². The average molecular weight is 570 g/mol. The molecule has 1 fully saturated rings. The van der Waals surface area contributed by atoms with Crippen LogP contribution in [0.1, 0.15) is 38.2 Å². The van der Waals surface area contributed by atoms with Crippen LogP contribution in [-0.2, 0) is 21.2 Å². The van der Waals surface area contributed by atoms with Gasteiger partial charge in [0.15, 0.2) is 11.5 Å². The molecule has 0 aliphatic carbocycles. The van der Waals surface area contributed by atoms with E-state index in [2.05, 4.69) is 6.92 Å². The fourth-order valence-corrected chi connectivity index (χ4v) is 6.28. The third-order valence-electron chi connectivity index (χ3n) is 6.56. The van der Waals surface area contributed by atoms with Gasteiger partial charge in [0.05, 0.1) is 25.2 Å². The van der Waals surface area contributed by atoms with Crippen LogP contribution >= 0.6 is 0 Å². The summed E-state index contributed by atoms with van der Waals surface area (Å²) in [6.45, 7) is 3.04. The van der Waals surface area contributed by atoms with E-state index >= 15 is 0 Å². The standard InChI is InChI=1S/C30H35NO8S/c1-3-9-22-20-24(39-23-10-5-4-6-11-23)13-15-27(22)37-18-8-19-38-28-16-14-25(21-29(28)36-2)40(34,35)31-17-7-12-26(31)30(32)33/h4-6,10-11,13-16,20-21,26H,3,7-9,12,17-19H2,1-2H3,(H,32,33)/t26-/m1/s1. The minimum atomic E-state index is -3.98. The van der Waals surface area contributed by atoms with Gasteiger partial charge in [0.25, 0.3) is 0 Å². The second kappa shape index (κ2) is 13.5. The molecule has 0 saturated carbocycles. The van der Waals surface area contributed by atoms with Gasteiger partial charge in [-0.15, -0.1) is 0 Å². The Balaban J connectivity index is 1.33. The minimum absolute atomic E-state index is 0.0312. The quantitative estimate of drug-likeness (QED) is 0.253. The molecule has 9 nitrogen and oxygen atoms in total. The van der Waals surface area contributed by atoms with Gasteiger partial charge in [0.2, 0.25) is 10.0 Å². The molecule has 1 aliphatic heterocycles. The van der Waals surface area contributed by atoms with Crippen molar-refractivity contribution in [3.63, 3.8) is 0 Å². The number of aliphatic carboxylic acids is 1. The van der Waals surface area contributed by atoms with Gasteiger partial charge in [0, 0.05) is 19.0 Å². The van der Waals surface area contributed by atoms with Crippen LogP contribution in [-0.4, -0.2) is 56.7 Å². The number of rotatable bonds is 14. The first-order valence-electron chi connectivity index (χ1n) is 13.4. The molecule has 1 saturated heterocycles. The first kappa shape index (κ1) is 29.2. The number of para-hydroxylation sites is 1. The molecule has 0 radical (unpaired) electrons. The maximum Gasteiger partial charge on any atom is 0.322 e. The minimum Gasteiger partial charge on any atom is -0.493 e. The van der Waals surface area contributed by atoms with Gasteiger partial charge in [-0.05, 0) is 67.3 Å². The fourth-order valence-electron chi connectivity index (χ4n) is 4.61. The number of carboxylic acids is 1. The lowest BCUT2D eigenvalue weighted by Gasteiger charge is -2.21. The number of aryl methyl sites for hydroxylation is 1. The predicted molar refractivity (Wildman–Crippen MR) is 150 cm³/mol. The van der Waals surface area contributed by atoms with Crippen molar-refractivity contribution in [2.24, 2.45) is 0 Å². The molecule has 1 N–H and O–H groups in total. The Morgan fingerprint density at radius 1 is 0.950 bits per heavy atom. The normalized spacial score (nSPS) is 15.5. The number of hydrogen-bond donors (Lipinski definition) is 1. The average Bonchev–Trinajstić information content (AvgIpc) is 3.46. The van der Waals surface area contributed by atoms with Crippen molar-refractivity contribution in [1.82, 2.24) is 4.31 Å². The van der Waals surface area contributed by atoms with E-state index in [0.717, 1.165) is 40.0 Å². The van der Waals surface area contributed by atoms with Crippen molar-refractivity contribution in [2.75, 3.05) is 26.9 Å². The zero-order chi connectivity index (χ0) is 28.5. The first-order chi connectivity index (χ1) is 19.3. The van der Waals surface area contributed by atoms with Gasteiger partial charge in [-0.2, -0.15) is 4.31 Å². The molecule has 40 heavy (non-hydrogen) atoms. The topological polar surface area (TPSA) is 112 Å². The Kier molecular flexibility index (Phi) is 9.89. The summed E-state index contributed by atoms with van der Waals surface area (Å²) in [5.41, 5.74) is 1.07. The lowest BCUT2D eigenvalue weighted by atomic mass is 10.1. The molecule has 1 atom stereocenters. The second-order valence-electron chi connectivity index (χ2n) is 9.41. The maximum atomic E-state index is 13.1. The summed E-state index contributed by atoms with van der Waals surface area (Å²) in [6.07, 6.45) is 3.21. The van der Waals surface area contributed by atoms with E-state index in [1.54, 1.807) is 0 Å². The fraction of sp³-hybridized carbons (Fsp3) is 0.367. The number of hydrogen-bond acceptors (Lipinski definition) is 7. The van der Waals surface area contributed by atoms with Crippen molar-refractivity contribution < 1.29 is 37.3 Å². The van der Waals surface area contributed by atoms with E-state index in [-0.39, 0.29) is 17.2 Å². The molecule has 1 heterocycles. The summed E-state index contributed by atoms with van der Waals surface area (Å²) >= 11 is 0. The van der Waals surface area contributed by atoms with E-state index in [1.165, 1.54) is 25.3 Å². The van der Waals surface area contributed by atoms with Crippen LogP contribution in [0.4, 0.5) is 0 Å². The predicted octanol–water partition coefficient (Wildman–Crippen LogP) is 5.53. The zero-order valence-corrected chi connectivity index (χ0v) is 23.6. The number of carboxylic acid groups (broad SMARTS) is 1. The van der Waals surface area contributed by atoms with Gasteiger partial charge in [-0.3, -0.25) is 4.79 Å². The van der Waals surface area contributed by atoms with Crippen molar-refractivity contribution in [3.05, 3.63) is 72.3 Å². The molecule has 0 bridgehead atoms. The molecule has 4 rings (SSSR count). The lowest BCUT2D eigenvalue weighted by Crippen LogP contribution is -2.40. The molecule has 0 unspecified atom stereocenters. The van der Waals surface area contributed by atoms with E-state index < -0.39 is 22.0 Å². The number of carbonyl (C=O) groups is 1. The van der Waals surface area contributed by atoms with E-state index in [0.29, 0.717) is 38.2 Å². The van der Waals surface area contributed by atoms with E-state index in [1.807, 2.05) is 48.5 Å². The third kappa shape index (κ3) is 7.05. The summed E-state index contributed by atoms with van der Waals surface area (Å²) in [5.74, 6) is 1.84. The Morgan fingerprint density at radius 3 is 2.38 bits per heavy atom. The smallest absolute Gasteiger partial charge is 0.322 e. The molecule has 0 spiro atoms. The van der Waals surface area contributed by atoms with Crippen molar-refractivity contribution in [1.29, 1.82) is 0 Å². The van der Waals surface area contributed by atoms with Crippen LogP contribution in [0.3, 0.4) is 0 Å². The summed E-state index contributed by atoms with van der Waals surface area (Å²) in [6, 6.07) is 18.7. The van der Waals surface area contributed by atoms with Crippen molar-refractivity contribution >= 4 is 16.0 Å². The molecular formula is C30H35NO8S. The number of benzene rings is 3. The Morgan fingerprint density at radius 2 is 1.68 bits per heavy atom. The molecule has 10 heteroatoms. The van der Waals surface area contributed by atoms with Crippen LogP contribution < -0.4 is 18.9 Å². The number of ether oxygens (including phenoxy) is 4. The van der Waals surface area contributed by atoms with Crippen LogP contribution in [0.5, 0.6) is 28.7 Å². The zero-order valence-electron chi connectivity index (χ0n) is 22.7. The largest absolute Gasteiger partial charge is 0.493 e. The molecule has 3 aromatic carbocycles. The Hall–Kier alpha value is -3.76. The van der Waals surface area contributed by atoms with Crippen molar-refractivity contribution in [2.45, 2.75) is 50.0 Å².